The lowest BCUT2D eigenvalue weighted by molar-refractivity contribution is -0.146. The lowest BCUT2D eigenvalue weighted by Crippen LogP contribution is -2.28. The fraction of sp³-hybridized carbons (Fsp3) is 0.727. The largest absolute Gasteiger partial charge is 0.469 e. The van der Waals surface area contributed by atoms with Gasteiger partial charge in [-0.25, -0.2) is 0 Å². The highest BCUT2D eigenvalue weighted by Gasteiger charge is 2.28. The van der Waals surface area contributed by atoms with Crippen LogP contribution in [0.15, 0.2) is 0 Å². The van der Waals surface area contributed by atoms with Crippen LogP contribution in [0.2, 0.25) is 0 Å². The number of nitrogens with zero attached hydrogens (tertiary/aromatic N) is 3. The molecule has 0 fully saturated rings. The molecule has 1 aromatic heterocycles. The quantitative estimate of drug-likeness (QED) is 0.718. The zero-order chi connectivity index (χ0) is 12.3. The Bertz CT molecular complexity index is 403. The van der Waals surface area contributed by atoms with Gasteiger partial charge in [0.1, 0.15) is 12.4 Å². The number of carbonyl (C=O) groups excluding carboxylic acids is 1. The molecule has 1 aliphatic heterocycles. The number of aryl methyl sites for hydroxylation is 1. The van der Waals surface area contributed by atoms with Gasteiger partial charge in [0.25, 0.3) is 0 Å². The predicted octanol–water partition coefficient (Wildman–Crippen LogP) is 0.550. The second-order valence-corrected chi connectivity index (χ2v) is 4.04. The van der Waals surface area contributed by atoms with Crippen LogP contribution in [0.25, 0.3) is 0 Å². The van der Waals surface area contributed by atoms with Crippen molar-refractivity contribution < 1.29 is 14.3 Å². The molecule has 94 valence electrons. The van der Waals surface area contributed by atoms with Crippen LogP contribution in [-0.2, 0) is 33.8 Å². The summed E-state index contributed by atoms with van der Waals surface area (Å²) in [5.41, 5.74) is 0. The van der Waals surface area contributed by atoms with Gasteiger partial charge in [-0.1, -0.05) is 0 Å². The van der Waals surface area contributed by atoms with Crippen molar-refractivity contribution in [2.24, 2.45) is 5.92 Å². The molecule has 6 heteroatoms. The van der Waals surface area contributed by atoms with Crippen LogP contribution in [0.4, 0.5) is 0 Å². The first-order valence-electron chi connectivity index (χ1n) is 5.82. The monoisotopic (exact) mass is 239 g/mol. The maximum absolute atomic E-state index is 11.5. The number of hydrogen-bond donors (Lipinski definition) is 0. The molecule has 0 N–H and O–H groups in total. The molecule has 6 nitrogen and oxygen atoms in total. The van der Waals surface area contributed by atoms with Crippen molar-refractivity contribution in [3.05, 3.63) is 11.6 Å². The van der Waals surface area contributed by atoms with Crippen LogP contribution in [0.1, 0.15) is 25.0 Å². The Kier molecular flexibility index (Phi) is 3.73. The fourth-order valence-electron chi connectivity index (χ4n) is 2.04. The average molecular weight is 239 g/mol. The summed E-state index contributed by atoms with van der Waals surface area (Å²) in [4.78, 5) is 11.5. The van der Waals surface area contributed by atoms with E-state index in [1.807, 2.05) is 11.5 Å². The van der Waals surface area contributed by atoms with E-state index in [-0.39, 0.29) is 11.9 Å². The zero-order valence-corrected chi connectivity index (χ0v) is 10.2. The topological polar surface area (TPSA) is 66.2 Å². The van der Waals surface area contributed by atoms with Crippen molar-refractivity contribution in [3.8, 4) is 0 Å². The first kappa shape index (κ1) is 12.0. The molecular weight excluding hydrogens is 222 g/mol. The summed E-state index contributed by atoms with van der Waals surface area (Å²) in [6.45, 7) is 3.61. The molecule has 2 heterocycles. The van der Waals surface area contributed by atoms with Crippen molar-refractivity contribution in [1.82, 2.24) is 14.8 Å². The third-order valence-electron chi connectivity index (χ3n) is 2.99. The van der Waals surface area contributed by atoms with Gasteiger partial charge in [0.2, 0.25) is 0 Å². The molecule has 0 spiro atoms. The first-order valence-corrected chi connectivity index (χ1v) is 5.82. The molecule has 1 unspecified atom stereocenters. The molecule has 17 heavy (non-hydrogen) atoms. The van der Waals surface area contributed by atoms with Crippen molar-refractivity contribution in [3.63, 3.8) is 0 Å². The van der Waals surface area contributed by atoms with Gasteiger partial charge in [0, 0.05) is 19.6 Å². The van der Waals surface area contributed by atoms with E-state index >= 15 is 0 Å². The molecule has 0 radical (unpaired) electrons. The Hall–Kier alpha value is -1.43. The second-order valence-electron chi connectivity index (χ2n) is 4.04. The van der Waals surface area contributed by atoms with Crippen molar-refractivity contribution >= 4 is 5.97 Å². The Labute approximate surface area is 99.9 Å². The minimum absolute atomic E-state index is 0.0936. The van der Waals surface area contributed by atoms with Crippen LogP contribution in [0, 0.1) is 5.92 Å². The van der Waals surface area contributed by atoms with Gasteiger partial charge < -0.3 is 14.0 Å². The predicted molar refractivity (Wildman–Crippen MR) is 59.2 cm³/mol. The molecule has 1 aromatic rings. The van der Waals surface area contributed by atoms with Crippen LogP contribution >= 0.6 is 0 Å². The van der Waals surface area contributed by atoms with Crippen LogP contribution in [-0.4, -0.2) is 34.5 Å². The van der Waals surface area contributed by atoms with Crippen molar-refractivity contribution in [2.75, 3.05) is 13.7 Å². The van der Waals surface area contributed by atoms with E-state index in [2.05, 4.69) is 10.2 Å². The summed E-state index contributed by atoms with van der Waals surface area (Å²) in [5, 5.41) is 8.20. The molecule has 1 aliphatic rings. The fourth-order valence-corrected chi connectivity index (χ4v) is 2.04. The summed E-state index contributed by atoms with van der Waals surface area (Å²) in [6, 6.07) is 0. The number of esters is 1. The average Bonchev–Trinajstić information content (AvgIpc) is 2.77. The number of hydrogen-bond acceptors (Lipinski definition) is 5. The Morgan fingerprint density at radius 2 is 2.35 bits per heavy atom. The van der Waals surface area contributed by atoms with Gasteiger partial charge in [-0.15, -0.1) is 10.2 Å². The van der Waals surface area contributed by atoms with Crippen LogP contribution in [0.5, 0.6) is 0 Å². The van der Waals surface area contributed by atoms with E-state index in [1.165, 1.54) is 7.11 Å². The summed E-state index contributed by atoms with van der Waals surface area (Å²) >= 11 is 0. The Balaban J connectivity index is 2.11. The number of ether oxygens (including phenoxy) is 2. The molecule has 1 atom stereocenters. The smallest absolute Gasteiger partial charge is 0.310 e. The lowest BCUT2D eigenvalue weighted by atomic mass is 9.99. The Morgan fingerprint density at radius 1 is 1.53 bits per heavy atom. The summed E-state index contributed by atoms with van der Waals surface area (Å²) < 4.78 is 12.1. The lowest BCUT2D eigenvalue weighted by Gasteiger charge is -2.22. The number of methoxy groups -OCH3 is 1. The molecule has 0 aliphatic carbocycles. The van der Waals surface area contributed by atoms with Gasteiger partial charge >= 0.3 is 5.97 Å². The van der Waals surface area contributed by atoms with E-state index in [1.54, 1.807) is 0 Å². The zero-order valence-electron chi connectivity index (χ0n) is 10.2. The standard InChI is InChI=1S/C11H17N3O3/c1-3-17-7-10-13-12-9-5-4-8(6-14(9)10)11(15)16-2/h8H,3-7H2,1-2H3. The summed E-state index contributed by atoms with van der Waals surface area (Å²) in [7, 11) is 1.42. The minimum atomic E-state index is -0.160. The number of carbonyl (C=O) groups is 1. The van der Waals surface area contributed by atoms with E-state index in [4.69, 9.17) is 9.47 Å². The SMILES string of the molecule is CCOCc1nnc2n1CC(C(=O)OC)CC2. The molecule has 0 aromatic carbocycles. The van der Waals surface area contributed by atoms with E-state index in [0.29, 0.717) is 19.8 Å². The van der Waals surface area contributed by atoms with Crippen molar-refractivity contribution in [2.45, 2.75) is 32.9 Å². The highest BCUT2D eigenvalue weighted by Crippen LogP contribution is 2.21. The van der Waals surface area contributed by atoms with Gasteiger partial charge in [-0.05, 0) is 13.3 Å². The maximum atomic E-state index is 11.5. The maximum Gasteiger partial charge on any atom is 0.310 e. The molecule has 0 saturated heterocycles. The highest BCUT2D eigenvalue weighted by atomic mass is 16.5. The van der Waals surface area contributed by atoms with Gasteiger partial charge in [0.15, 0.2) is 5.82 Å². The minimum Gasteiger partial charge on any atom is -0.469 e. The van der Waals surface area contributed by atoms with E-state index < -0.39 is 0 Å². The highest BCUT2D eigenvalue weighted by molar-refractivity contribution is 5.72. The number of rotatable bonds is 4. The van der Waals surface area contributed by atoms with E-state index in [0.717, 1.165) is 24.5 Å². The van der Waals surface area contributed by atoms with Gasteiger partial charge in [-0.3, -0.25) is 4.79 Å². The third-order valence-corrected chi connectivity index (χ3v) is 2.99. The third kappa shape index (κ3) is 2.46. The van der Waals surface area contributed by atoms with E-state index in [9.17, 15) is 4.79 Å². The van der Waals surface area contributed by atoms with Gasteiger partial charge in [-0.2, -0.15) is 0 Å². The summed E-state index contributed by atoms with van der Waals surface area (Å²) in [5.74, 6) is 1.46. The molecule has 2 rings (SSSR count). The summed E-state index contributed by atoms with van der Waals surface area (Å²) in [6.07, 6.45) is 1.54. The van der Waals surface area contributed by atoms with Crippen LogP contribution < -0.4 is 0 Å². The first-order chi connectivity index (χ1) is 8.26. The Morgan fingerprint density at radius 3 is 3.06 bits per heavy atom. The number of fused-ring (bicyclic) bond motifs is 1. The normalized spacial score (nSPS) is 18.8. The van der Waals surface area contributed by atoms with Gasteiger partial charge in [0.05, 0.1) is 13.0 Å². The molecular formula is C11H17N3O3. The van der Waals surface area contributed by atoms with Crippen LogP contribution in [0.3, 0.4) is 0 Å². The molecule has 0 bridgehead atoms. The second kappa shape index (κ2) is 5.27. The number of aromatic nitrogens is 3. The molecule has 0 amide bonds. The van der Waals surface area contributed by atoms with Crippen molar-refractivity contribution in [1.29, 1.82) is 0 Å². The molecule has 0 saturated carbocycles.